The molecule has 25 heavy (non-hydrogen) atoms. The van der Waals surface area contributed by atoms with Crippen LogP contribution in [0, 0.1) is 0 Å². The number of anilines is 1. The maximum absolute atomic E-state index is 12.0. The maximum atomic E-state index is 12.0. The molecule has 1 aliphatic heterocycles. The zero-order valence-corrected chi connectivity index (χ0v) is 15.3. The van der Waals surface area contributed by atoms with E-state index in [9.17, 15) is 4.79 Å². The highest BCUT2D eigenvalue weighted by Gasteiger charge is 2.22. The predicted octanol–water partition coefficient (Wildman–Crippen LogP) is 3.40. The van der Waals surface area contributed by atoms with Gasteiger partial charge in [-0.05, 0) is 25.5 Å². The van der Waals surface area contributed by atoms with Crippen LogP contribution in [-0.4, -0.2) is 41.1 Å². The van der Waals surface area contributed by atoms with Crippen LogP contribution < -0.4 is 5.32 Å². The fourth-order valence-electron chi connectivity index (χ4n) is 2.96. The Kier molecular flexibility index (Phi) is 5.96. The second-order valence-corrected chi connectivity index (χ2v) is 7.19. The van der Waals surface area contributed by atoms with E-state index >= 15 is 0 Å². The molecule has 0 radical (unpaired) electrons. The van der Waals surface area contributed by atoms with Crippen LogP contribution in [-0.2, 0) is 16.1 Å². The molecule has 1 fully saturated rings. The minimum absolute atomic E-state index is 0.168. The van der Waals surface area contributed by atoms with Gasteiger partial charge in [-0.15, -0.1) is 11.3 Å². The summed E-state index contributed by atoms with van der Waals surface area (Å²) in [6.45, 7) is 6.78. The van der Waals surface area contributed by atoms with Crippen molar-refractivity contribution in [3.8, 4) is 0 Å². The number of carbonyl (C=O) groups is 1. The average Bonchev–Trinajstić information content (AvgIpc) is 3.00. The first-order valence-corrected chi connectivity index (χ1v) is 9.33. The van der Waals surface area contributed by atoms with Crippen molar-refractivity contribution < 1.29 is 9.53 Å². The summed E-state index contributed by atoms with van der Waals surface area (Å²) in [4.78, 5) is 18.9. The summed E-state index contributed by atoms with van der Waals surface area (Å²) in [5.74, 6) is -0.168. The lowest BCUT2D eigenvalue weighted by Gasteiger charge is -2.34. The monoisotopic (exact) mass is 357 g/mol. The van der Waals surface area contributed by atoms with Crippen LogP contribution in [0.4, 0.5) is 5.13 Å². The van der Waals surface area contributed by atoms with Gasteiger partial charge in [0, 0.05) is 31.1 Å². The second kappa shape index (κ2) is 8.38. The molecule has 0 unspecified atom stereocenters. The molecule has 0 spiro atoms. The van der Waals surface area contributed by atoms with Crippen LogP contribution in [0.1, 0.15) is 25.1 Å². The molecule has 0 bridgehead atoms. The SMILES string of the molecule is C[C@@H]1CN(Cc2csc(NC(=O)/C=C\c3ccccc3)n2)C[C@@H](C)O1. The Morgan fingerprint density at radius 1 is 1.32 bits per heavy atom. The number of ether oxygens (including phenoxy) is 1. The van der Waals surface area contributed by atoms with Gasteiger partial charge in [0.25, 0.3) is 0 Å². The van der Waals surface area contributed by atoms with Crippen molar-refractivity contribution in [1.29, 1.82) is 0 Å². The molecular weight excluding hydrogens is 334 g/mol. The summed E-state index contributed by atoms with van der Waals surface area (Å²) >= 11 is 1.45. The molecule has 6 heteroatoms. The van der Waals surface area contributed by atoms with Gasteiger partial charge in [-0.2, -0.15) is 0 Å². The minimum Gasteiger partial charge on any atom is -0.373 e. The van der Waals surface area contributed by atoms with Gasteiger partial charge in [0.15, 0.2) is 5.13 Å². The van der Waals surface area contributed by atoms with Gasteiger partial charge < -0.3 is 4.74 Å². The molecule has 1 saturated heterocycles. The largest absolute Gasteiger partial charge is 0.373 e. The molecule has 2 heterocycles. The highest BCUT2D eigenvalue weighted by atomic mass is 32.1. The normalized spacial score (nSPS) is 21.5. The van der Waals surface area contributed by atoms with E-state index in [1.807, 2.05) is 35.7 Å². The molecule has 0 saturated carbocycles. The first-order chi connectivity index (χ1) is 12.1. The summed E-state index contributed by atoms with van der Waals surface area (Å²) in [7, 11) is 0. The first-order valence-electron chi connectivity index (χ1n) is 8.45. The van der Waals surface area contributed by atoms with E-state index < -0.39 is 0 Å². The van der Waals surface area contributed by atoms with Crippen molar-refractivity contribution >= 4 is 28.5 Å². The predicted molar refractivity (Wildman–Crippen MR) is 102 cm³/mol. The minimum atomic E-state index is -0.168. The number of rotatable bonds is 5. The lowest BCUT2D eigenvalue weighted by Crippen LogP contribution is -2.44. The van der Waals surface area contributed by atoms with Gasteiger partial charge in [0.05, 0.1) is 17.9 Å². The van der Waals surface area contributed by atoms with E-state index in [0.717, 1.165) is 30.9 Å². The summed E-state index contributed by atoms with van der Waals surface area (Å²) < 4.78 is 5.75. The van der Waals surface area contributed by atoms with E-state index in [1.165, 1.54) is 17.4 Å². The van der Waals surface area contributed by atoms with Crippen LogP contribution in [0.25, 0.3) is 6.08 Å². The van der Waals surface area contributed by atoms with Crippen LogP contribution in [0.2, 0.25) is 0 Å². The fraction of sp³-hybridized carbons (Fsp3) is 0.368. The van der Waals surface area contributed by atoms with E-state index in [4.69, 9.17) is 4.74 Å². The number of amides is 1. The summed E-state index contributed by atoms with van der Waals surface area (Å²) in [5, 5.41) is 5.46. The molecular formula is C19H23N3O2S. The number of nitrogens with one attached hydrogen (secondary N) is 1. The molecule has 2 aromatic rings. The standard InChI is InChI=1S/C19H23N3O2S/c1-14-10-22(11-15(2)24-14)12-17-13-25-19(20-17)21-18(23)9-8-16-6-4-3-5-7-16/h3-9,13-15H,10-12H2,1-2H3,(H,20,21,23)/b9-8-/t14-,15-/m1/s1. The third-order valence-electron chi connectivity index (χ3n) is 3.89. The number of hydrogen-bond donors (Lipinski definition) is 1. The van der Waals surface area contributed by atoms with Gasteiger partial charge in [0.2, 0.25) is 5.91 Å². The van der Waals surface area contributed by atoms with Crippen molar-refractivity contribution in [3.63, 3.8) is 0 Å². The highest BCUT2D eigenvalue weighted by Crippen LogP contribution is 2.19. The van der Waals surface area contributed by atoms with Crippen LogP contribution >= 0.6 is 11.3 Å². The molecule has 0 aliphatic carbocycles. The van der Waals surface area contributed by atoms with E-state index in [-0.39, 0.29) is 18.1 Å². The van der Waals surface area contributed by atoms with Crippen molar-refractivity contribution in [2.24, 2.45) is 0 Å². The number of thiazole rings is 1. The van der Waals surface area contributed by atoms with Gasteiger partial charge in [-0.25, -0.2) is 4.98 Å². The van der Waals surface area contributed by atoms with Crippen molar-refractivity contribution in [2.45, 2.75) is 32.6 Å². The van der Waals surface area contributed by atoms with E-state index in [0.29, 0.717) is 5.13 Å². The fourth-order valence-corrected chi connectivity index (χ4v) is 3.67. The maximum Gasteiger partial charge on any atom is 0.250 e. The summed E-state index contributed by atoms with van der Waals surface area (Å²) in [5.41, 5.74) is 1.97. The highest BCUT2D eigenvalue weighted by molar-refractivity contribution is 7.13. The van der Waals surface area contributed by atoms with Crippen molar-refractivity contribution in [2.75, 3.05) is 18.4 Å². The van der Waals surface area contributed by atoms with Gasteiger partial charge in [0.1, 0.15) is 0 Å². The number of carbonyl (C=O) groups excluding carboxylic acids is 1. The molecule has 1 N–H and O–H groups in total. The Labute approximate surface area is 152 Å². The topological polar surface area (TPSA) is 54.5 Å². The molecule has 2 atom stereocenters. The molecule has 1 aromatic carbocycles. The molecule has 1 aromatic heterocycles. The second-order valence-electron chi connectivity index (χ2n) is 6.33. The summed E-state index contributed by atoms with van der Waals surface area (Å²) in [6, 6.07) is 9.74. The first kappa shape index (κ1) is 17.8. The van der Waals surface area contributed by atoms with Crippen molar-refractivity contribution in [3.05, 3.63) is 53.0 Å². The number of aromatic nitrogens is 1. The lowest BCUT2D eigenvalue weighted by molar-refractivity contribution is -0.111. The quantitative estimate of drug-likeness (QED) is 0.833. The van der Waals surface area contributed by atoms with Crippen LogP contribution in [0.3, 0.4) is 0 Å². The van der Waals surface area contributed by atoms with E-state index in [2.05, 4.69) is 29.0 Å². The van der Waals surface area contributed by atoms with Gasteiger partial charge in [-0.1, -0.05) is 30.3 Å². The van der Waals surface area contributed by atoms with Gasteiger partial charge in [-0.3, -0.25) is 15.0 Å². The molecule has 132 valence electrons. The van der Waals surface area contributed by atoms with Gasteiger partial charge >= 0.3 is 0 Å². The lowest BCUT2D eigenvalue weighted by atomic mass is 10.2. The number of morpholine rings is 1. The Morgan fingerprint density at radius 3 is 2.76 bits per heavy atom. The third kappa shape index (κ3) is 5.49. The molecule has 3 rings (SSSR count). The van der Waals surface area contributed by atoms with Crippen molar-refractivity contribution in [1.82, 2.24) is 9.88 Å². The number of benzene rings is 1. The molecule has 1 amide bonds. The van der Waals surface area contributed by atoms with E-state index in [1.54, 1.807) is 6.08 Å². The zero-order chi connectivity index (χ0) is 17.6. The Bertz CT molecular complexity index is 719. The molecule has 5 nitrogen and oxygen atoms in total. The van der Waals surface area contributed by atoms with Crippen LogP contribution in [0.5, 0.6) is 0 Å². The molecule has 1 aliphatic rings. The summed E-state index contributed by atoms with van der Waals surface area (Å²) in [6.07, 6.45) is 3.80. The van der Waals surface area contributed by atoms with Crippen LogP contribution in [0.15, 0.2) is 41.8 Å². The average molecular weight is 357 g/mol. The Balaban J connectivity index is 1.53. The number of hydrogen-bond acceptors (Lipinski definition) is 5. The Morgan fingerprint density at radius 2 is 2.04 bits per heavy atom. The Hall–Kier alpha value is -2.02. The zero-order valence-electron chi connectivity index (χ0n) is 14.5. The number of nitrogens with zero attached hydrogens (tertiary/aromatic N) is 2. The third-order valence-corrected chi connectivity index (χ3v) is 4.70. The smallest absolute Gasteiger partial charge is 0.250 e.